The summed E-state index contributed by atoms with van der Waals surface area (Å²) in [5, 5.41) is 2.81. The Morgan fingerprint density at radius 2 is 2.30 bits per heavy atom. The molecule has 56 valence electrons. The molecule has 2 nitrogen and oxygen atoms in total. The topological polar surface area (TPSA) is 29.1 Å². The first kappa shape index (κ1) is 7.32. The van der Waals surface area contributed by atoms with Crippen molar-refractivity contribution in [3.05, 3.63) is 11.6 Å². The lowest BCUT2D eigenvalue weighted by Crippen LogP contribution is -2.31. The van der Waals surface area contributed by atoms with Crippen LogP contribution in [0.5, 0.6) is 0 Å². The van der Waals surface area contributed by atoms with Crippen molar-refractivity contribution in [2.45, 2.75) is 20.3 Å². The molecule has 0 aromatic carbocycles. The largest absolute Gasteiger partial charge is 0.352 e. The molecule has 0 saturated carbocycles. The lowest BCUT2D eigenvalue weighted by Gasteiger charge is -2.15. The van der Waals surface area contributed by atoms with Crippen LogP contribution in [0.15, 0.2) is 11.6 Å². The van der Waals surface area contributed by atoms with Crippen molar-refractivity contribution < 1.29 is 4.79 Å². The number of hydrogen-bond acceptors (Lipinski definition) is 1. The summed E-state index contributed by atoms with van der Waals surface area (Å²) in [5.41, 5.74) is 0.936. The summed E-state index contributed by atoms with van der Waals surface area (Å²) >= 11 is 0. The molecular weight excluding hydrogens is 126 g/mol. The van der Waals surface area contributed by atoms with Crippen LogP contribution in [0.2, 0.25) is 0 Å². The first-order chi connectivity index (χ1) is 4.72. The highest BCUT2D eigenvalue weighted by Gasteiger charge is 2.14. The van der Waals surface area contributed by atoms with E-state index in [-0.39, 0.29) is 5.91 Å². The van der Waals surface area contributed by atoms with Gasteiger partial charge >= 0.3 is 0 Å². The maximum atomic E-state index is 11.1. The summed E-state index contributed by atoms with van der Waals surface area (Å²) in [4.78, 5) is 11.1. The number of rotatable bonds is 1. The Bertz CT molecular complexity index is 170. The zero-order chi connectivity index (χ0) is 7.56. The van der Waals surface area contributed by atoms with Crippen LogP contribution < -0.4 is 5.32 Å². The van der Waals surface area contributed by atoms with E-state index in [1.807, 2.05) is 19.9 Å². The quantitative estimate of drug-likeness (QED) is 0.579. The standard InChI is InChI=1S/C8H13NO/c1-6(2)7-4-3-5-9-8(7)10/h4,6H,3,5H2,1-2H3,(H,9,10). The molecule has 1 aliphatic rings. The molecule has 1 rings (SSSR count). The average molecular weight is 139 g/mol. The Hall–Kier alpha value is -0.790. The normalized spacial score (nSPS) is 18.7. The number of hydrogen-bond donors (Lipinski definition) is 1. The van der Waals surface area contributed by atoms with Crippen LogP contribution in [0.1, 0.15) is 20.3 Å². The molecule has 0 radical (unpaired) electrons. The van der Waals surface area contributed by atoms with E-state index >= 15 is 0 Å². The van der Waals surface area contributed by atoms with Gasteiger partial charge in [0.05, 0.1) is 0 Å². The van der Waals surface area contributed by atoms with Gasteiger partial charge in [-0.05, 0) is 12.3 Å². The highest BCUT2D eigenvalue weighted by molar-refractivity contribution is 5.94. The second-order valence-electron chi connectivity index (χ2n) is 2.86. The van der Waals surface area contributed by atoms with E-state index in [9.17, 15) is 4.79 Å². The van der Waals surface area contributed by atoms with E-state index in [1.54, 1.807) is 0 Å². The van der Waals surface area contributed by atoms with Gasteiger partial charge in [-0.1, -0.05) is 19.9 Å². The van der Waals surface area contributed by atoms with E-state index in [2.05, 4.69) is 5.32 Å². The van der Waals surface area contributed by atoms with Crippen LogP contribution in [-0.2, 0) is 4.79 Å². The summed E-state index contributed by atoms with van der Waals surface area (Å²) in [6.45, 7) is 4.88. The van der Waals surface area contributed by atoms with Crippen molar-refractivity contribution >= 4 is 5.91 Å². The fourth-order valence-electron chi connectivity index (χ4n) is 1.11. The molecule has 1 amide bonds. The van der Waals surface area contributed by atoms with Crippen molar-refractivity contribution in [1.29, 1.82) is 0 Å². The first-order valence-corrected chi connectivity index (χ1v) is 3.70. The van der Waals surface area contributed by atoms with Crippen LogP contribution in [0.4, 0.5) is 0 Å². The Kier molecular flexibility index (Phi) is 2.10. The third-order valence-corrected chi connectivity index (χ3v) is 1.68. The van der Waals surface area contributed by atoms with Crippen LogP contribution >= 0.6 is 0 Å². The maximum absolute atomic E-state index is 11.1. The molecule has 0 saturated heterocycles. The van der Waals surface area contributed by atoms with E-state index in [4.69, 9.17) is 0 Å². The van der Waals surface area contributed by atoms with Gasteiger partial charge in [0, 0.05) is 12.1 Å². The van der Waals surface area contributed by atoms with Crippen LogP contribution in [0, 0.1) is 5.92 Å². The fraction of sp³-hybridized carbons (Fsp3) is 0.625. The van der Waals surface area contributed by atoms with Gasteiger partial charge in [-0.3, -0.25) is 4.79 Å². The summed E-state index contributed by atoms with van der Waals surface area (Å²) in [7, 11) is 0. The Balaban J connectivity index is 2.71. The van der Waals surface area contributed by atoms with E-state index in [0.717, 1.165) is 18.5 Å². The molecule has 1 heterocycles. The van der Waals surface area contributed by atoms with Crippen molar-refractivity contribution in [2.24, 2.45) is 5.92 Å². The van der Waals surface area contributed by atoms with Crippen molar-refractivity contribution in [2.75, 3.05) is 6.54 Å². The molecule has 0 atom stereocenters. The van der Waals surface area contributed by atoms with Crippen molar-refractivity contribution in [1.82, 2.24) is 5.32 Å². The maximum Gasteiger partial charge on any atom is 0.247 e. The molecule has 10 heavy (non-hydrogen) atoms. The molecular formula is C8H13NO. The van der Waals surface area contributed by atoms with E-state index < -0.39 is 0 Å². The number of carbonyl (C=O) groups excluding carboxylic acids is 1. The number of nitrogens with one attached hydrogen (secondary N) is 1. The summed E-state index contributed by atoms with van der Waals surface area (Å²) in [6, 6.07) is 0. The Labute approximate surface area is 61.3 Å². The van der Waals surface area contributed by atoms with Crippen molar-refractivity contribution in [3.8, 4) is 0 Å². The minimum absolute atomic E-state index is 0.112. The molecule has 0 bridgehead atoms. The minimum atomic E-state index is 0.112. The fourth-order valence-corrected chi connectivity index (χ4v) is 1.11. The predicted molar refractivity (Wildman–Crippen MR) is 40.5 cm³/mol. The molecule has 0 spiro atoms. The highest BCUT2D eigenvalue weighted by Crippen LogP contribution is 2.12. The van der Waals surface area contributed by atoms with E-state index in [1.165, 1.54) is 0 Å². The Morgan fingerprint density at radius 1 is 1.60 bits per heavy atom. The van der Waals surface area contributed by atoms with Gasteiger partial charge in [-0.15, -0.1) is 0 Å². The molecule has 0 aliphatic carbocycles. The number of amides is 1. The van der Waals surface area contributed by atoms with Gasteiger partial charge in [0.25, 0.3) is 0 Å². The highest BCUT2D eigenvalue weighted by atomic mass is 16.1. The summed E-state index contributed by atoms with van der Waals surface area (Å²) in [5.74, 6) is 0.474. The van der Waals surface area contributed by atoms with Gasteiger partial charge < -0.3 is 5.32 Å². The molecule has 0 aromatic rings. The van der Waals surface area contributed by atoms with Gasteiger partial charge in [0.1, 0.15) is 0 Å². The third-order valence-electron chi connectivity index (χ3n) is 1.68. The molecule has 0 aromatic heterocycles. The predicted octanol–water partition coefficient (Wildman–Crippen LogP) is 1.09. The van der Waals surface area contributed by atoms with Crippen LogP contribution in [0.25, 0.3) is 0 Å². The lowest BCUT2D eigenvalue weighted by molar-refractivity contribution is -0.118. The second-order valence-corrected chi connectivity index (χ2v) is 2.86. The monoisotopic (exact) mass is 139 g/mol. The lowest BCUT2D eigenvalue weighted by atomic mass is 9.99. The Morgan fingerprint density at radius 3 is 2.70 bits per heavy atom. The molecule has 0 fully saturated rings. The molecule has 2 heteroatoms. The molecule has 1 aliphatic heterocycles. The zero-order valence-corrected chi connectivity index (χ0v) is 6.48. The minimum Gasteiger partial charge on any atom is -0.352 e. The van der Waals surface area contributed by atoms with Crippen LogP contribution in [-0.4, -0.2) is 12.5 Å². The smallest absolute Gasteiger partial charge is 0.247 e. The average Bonchev–Trinajstić information content (AvgIpc) is 1.88. The molecule has 0 unspecified atom stereocenters. The second kappa shape index (κ2) is 2.86. The van der Waals surface area contributed by atoms with Gasteiger partial charge in [-0.2, -0.15) is 0 Å². The summed E-state index contributed by atoms with van der Waals surface area (Å²) in [6.07, 6.45) is 3.02. The third kappa shape index (κ3) is 1.38. The first-order valence-electron chi connectivity index (χ1n) is 3.70. The van der Waals surface area contributed by atoms with Gasteiger partial charge in [0.15, 0.2) is 0 Å². The number of carbonyl (C=O) groups is 1. The molecule has 1 N–H and O–H groups in total. The van der Waals surface area contributed by atoms with Crippen LogP contribution in [0.3, 0.4) is 0 Å². The van der Waals surface area contributed by atoms with Crippen molar-refractivity contribution in [3.63, 3.8) is 0 Å². The van der Waals surface area contributed by atoms with E-state index in [0.29, 0.717) is 5.92 Å². The SMILES string of the molecule is CC(C)C1=CCCNC1=O. The van der Waals surface area contributed by atoms with Gasteiger partial charge in [0.2, 0.25) is 5.91 Å². The zero-order valence-electron chi connectivity index (χ0n) is 6.48. The summed E-state index contributed by atoms with van der Waals surface area (Å²) < 4.78 is 0. The van der Waals surface area contributed by atoms with Gasteiger partial charge in [-0.25, -0.2) is 0 Å².